The molecule has 0 saturated carbocycles. The van der Waals surface area contributed by atoms with E-state index in [-0.39, 0.29) is 16.4 Å². The molecule has 1 unspecified atom stereocenters. The molecule has 0 aromatic rings. The van der Waals surface area contributed by atoms with Crippen LogP contribution in [0, 0.1) is 5.92 Å². The van der Waals surface area contributed by atoms with E-state index >= 15 is 0 Å². The van der Waals surface area contributed by atoms with Crippen molar-refractivity contribution in [3.8, 4) is 0 Å². The van der Waals surface area contributed by atoms with Crippen molar-refractivity contribution in [1.29, 1.82) is 0 Å². The molecular weight excluding hydrogens is 144 g/mol. The molecule has 0 saturated heterocycles. The summed E-state index contributed by atoms with van der Waals surface area (Å²) in [5.41, 5.74) is 0. The maximum absolute atomic E-state index is 10.3. The molecule has 3 heteroatoms. The van der Waals surface area contributed by atoms with Crippen LogP contribution in [0.1, 0.15) is 13.8 Å². The lowest BCUT2D eigenvalue weighted by molar-refractivity contribution is -0.111. The highest BCUT2D eigenvalue weighted by molar-refractivity contribution is 7.82. The Morgan fingerprint density at radius 3 is 2.00 bits per heavy atom. The third-order valence-corrected chi connectivity index (χ3v) is 2.08. The Labute approximate surface area is 59.8 Å². The molecule has 0 N–H and O–H groups in total. The summed E-state index contributed by atoms with van der Waals surface area (Å²) < 4.78 is 0. The Bertz CT molecular complexity index is 92.4. The van der Waals surface area contributed by atoms with Gasteiger partial charge in [0, 0.05) is 0 Å². The van der Waals surface area contributed by atoms with Crippen LogP contribution in [-0.2, 0) is 4.79 Å². The zero-order valence-corrected chi connectivity index (χ0v) is 6.54. The van der Waals surface area contributed by atoms with Gasteiger partial charge in [-0.3, -0.25) is 4.79 Å². The molecule has 0 heterocycles. The Balaban J connectivity index is 3.64. The number of rotatable bonds is 2. The lowest BCUT2D eigenvalue weighted by Gasteiger charge is -2.06. The molecule has 48 valence electrons. The number of hydrogen-bond donors (Lipinski definition) is 1. The lowest BCUT2D eigenvalue weighted by Crippen LogP contribution is -2.14. The van der Waals surface area contributed by atoms with E-state index in [0.717, 1.165) is 0 Å². The third-order valence-electron chi connectivity index (χ3n) is 0.864. The van der Waals surface area contributed by atoms with E-state index < -0.39 is 0 Å². The fourth-order valence-electron chi connectivity index (χ4n) is 0.262. The van der Waals surface area contributed by atoms with Gasteiger partial charge in [-0.15, -0.1) is 0 Å². The quantitative estimate of drug-likeness (QED) is 0.471. The molecule has 0 amide bonds. The third kappa shape index (κ3) is 2.58. The number of thiol groups is 1. The van der Waals surface area contributed by atoms with Crippen molar-refractivity contribution in [2.75, 3.05) is 0 Å². The van der Waals surface area contributed by atoms with E-state index in [1.54, 1.807) is 0 Å². The number of carbonyl (C=O) groups excluding carboxylic acids is 1. The van der Waals surface area contributed by atoms with Gasteiger partial charge >= 0.3 is 0 Å². The minimum Gasteiger partial charge on any atom is -0.280 e. The first-order valence-corrected chi connectivity index (χ1v) is 3.32. The summed E-state index contributed by atoms with van der Waals surface area (Å²) in [4.78, 5) is 10.3. The summed E-state index contributed by atoms with van der Waals surface area (Å²) >= 11 is 9.05. The standard InChI is InChI=1S/C5H9ClOS/c1-3(2)4(8)5(6)7/h3-4,8H,1-2H3. The first-order valence-electron chi connectivity index (χ1n) is 2.43. The van der Waals surface area contributed by atoms with Gasteiger partial charge in [0.15, 0.2) is 0 Å². The largest absolute Gasteiger partial charge is 0.280 e. The molecule has 0 radical (unpaired) electrons. The summed E-state index contributed by atoms with van der Waals surface area (Å²) in [6.45, 7) is 3.80. The van der Waals surface area contributed by atoms with E-state index in [9.17, 15) is 4.79 Å². The minimum atomic E-state index is -0.372. The number of carbonyl (C=O) groups is 1. The van der Waals surface area contributed by atoms with Crippen LogP contribution in [0.3, 0.4) is 0 Å². The molecule has 0 aliphatic rings. The van der Waals surface area contributed by atoms with Crippen LogP contribution in [0.4, 0.5) is 0 Å². The monoisotopic (exact) mass is 152 g/mol. The molecule has 0 aliphatic heterocycles. The van der Waals surface area contributed by atoms with Gasteiger partial charge in [-0.1, -0.05) is 13.8 Å². The van der Waals surface area contributed by atoms with Crippen LogP contribution < -0.4 is 0 Å². The van der Waals surface area contributed by atoms with Crippen LogP contribution >= 0.6 is 24.2 Å². The normalized spacial score (nSPS) is 14.1. The van der Waals surface area contributed by atoms with Crippen molar-refractivity contribution >= 4 is 29.5 Å². The highest BCUT2D eigenvalue weighted by Gasteiger charge is 2.13. The van der Waals surface area contributed by atoms with Crippen molar-refractivity contribution in [3.63, 3.8) is 0 Å². The minimum absolute atomic E-state index is 0.225. The molecule has 8 heavy (non-hydrogen) atoms. The van der Waals surface area contributed by atoms with Gasteiger partial charge in [0.25, 0.3) is 0 Å². The van der Waals surface area contributed by atoms with Crippen LogP contribution in [0.2, 0.25) is 0 Å². The Hall–Kier alpha value is 0.310. The predicted octanol–water partition coefficient (Wildman–Crippen LogP) is 1.71. The Morgan fingerprint density at radius 2 is 2.00 bits per heavy atom. The van der Waals surface area contributed by atoms with Gasteiger partial charge in [-0.05, 0) is 17.5 Å². The highest BCUT2D eigenvalue weighted by atomic mass is 35.5. The first-order chi connectivity index (χ1) is 3.55. The van der Waals surface area contributed by atoms with E-state index in [0.29, 0.717) is 0 Å². The topological polar surface area (TPSA) is 17.1 Å². The number of hydrogen-bond acceptors (Lipinski definition) is 2. The summed E-state index contributed by atoms with van der Waals surface area (Å²) in [5.74, 6) is 0.225. The van der Waals surface area contributed by atoms with Crippen molar-refractivity contribution in [3.05, 3.63) is 0 Å². The van der Waals surface area contributed by atoms with Crippen molar-refractivity contribution in [1.82, 2.24) is 0 Å². The van der Waals surface area contributed by atoms with Gasteiger partial charge in [-0.25, -0.2) is 0 Å². The van der Waals surface area contributed by atoms with E-state index in [4.69, 9.17) is 11.6 Å². The van der Waals surface area contributed by atoms with Gasteiger partial charge in [-0.2, -0.15) is 12.6 Å². The molecule has 0 bridgehead atoms. The van der Waals surface area contributed by atoms with Crippen LogP contribution in [-0.4, -0.2) is 10.5 Å². The van der Waals surface area contributed by atoms with Gasteiger partial charge in [0.2, 0.25) is 5.24 Å². The second-order valence-electron chi connectivity index (χ2n) is 1.99. The second-order valence-corrected chi connectivity index (χ2v) is 2.92. The molecule has 0 aliphatic carbocycles. The van der Waals surface area contributed by atoms with Gasteiger partial charge in [0.1, 0.15) is 0 Å². The van der Waals surface area contributed by atoms with Gasteiger partial charge in [0.05, 0.1) is 5.25 Å². The van der Waals surface area contributed by atoms with Crippen molar-refractivity contribution < 1.29 is 4.79 Å². The van der Waals surface area contributed by atoms with Crippen LogP contribution in [0.15, 0.2) is 0 Å². The van der Waals surface area contributed by atoms with Crippen LogP contribution in [0.25, 0.3) is 0 Å². The average Bonchev–Trinajstić information content (AvgIpc) is 1.64. The Kier molecular flexibility index (Phi) is 3.49. The van der Waals surface area contributed by atoms with Crippen LogP contribution in [0.5, 0.6) is 0 Å². The van der Waals surface area contributed by atoms with E-state index in [1.807, 2.05) is 13.8 Å². The maximum Gasteiger partial charge on any atom is 0.234 e. The SMILES string of the molecule is CC(C)C(S)C(=O)Cl. The molecule has 0 aromatic heterocycles. The summed E-state index contributed by atoms with van der Waals surface area (Å²) in [6, 6.07) is 0. The Morgan fingerprint density at radius 1 is 1.62 bits per heavy atom. The van der Waals surface area contributed by atoms with E-state index in [2.05, 4.69) is 12.6 Å². The molecule has 1 atom stereocenters. The molecule has 0 spiro atoms. The molecule has 0 aromatic carbocycles. The molecule has 0 rings (SSSR count). The maximum atomic E-state index is 10.3. The fourth-order valence-corrected chi connectivity index (χ4v) is 0.514. The molecular formula is C5H9ClOS. The number of halogens is 1. The highest BCUT2D eigenvalue weighted by Crippen LogP contribution is 2.10. The second kappa shape index (κ2) is 3.36. The van der Waals surface area contributed by atoms with E-state index in [1.165, 1.54) is 0 Å². The lowest BCUT2D eigenvalue weighted by atomic mass is 10.1. The average molecular weight is 153 g/mol. The molecule has 0 fully saturated rings. The zero-order valence-electron chi connectivity index (χ0n) is 4.89. The molecule has 1 nitrogen and oxygen atoms in total. The first kappa shape index (κ1) is 8.31. The van der Waals surface area contributed by atoms with Crippen molar-refractivity contribution in [2.45, 2.75) is 19.1 Å². The summed E-state index contributed by atoms with van der Waals surface area (Å²) in [6.07, 6.45) is 0. The predicted molar refractivity (Wildman–Crippen MR) is 38.5 cm³/mol. The fraction of sp³-hybridized carbons (Fsp3) is 0.800. The smallest absolute Gasteiger partial charge is 0.234 e. The summed E-state index contributed by atoms with van der Waals surface area (Å²) in [7, 11) is 0. The van der Waals surface area contributed by atoms with Crippen molar-refractivity contribution in [2.24, 2.45) is 5.92 Å². The zero-order chi connectivity index (χ0) is 6.73. The summed E-state index contributed by atoms with van der Waals surface area (Å²) in [5, 5.41) is -0.681. The van der Waals surface area contributed by atoms with Gasteiger partial charge < -0.3 is 0 Å².